The molecule has 49 heavy (non-hydrogen) atoms. The monoisotopic (exact) mass is 676 g/mol. The summed E-state index contributed by atoms with van der Waals surface area (Å²) in [6.07, 6.45) is -3.64. The summed E-state index contributed by atoms with van der Waals surface area (Å²) in [6.45, 7) is 9.30. The van der Waals surface area contributed by atoms with Crippen molar-refractivity contribution in [2.75, 3.05) is 13.2 Å². The fourth-order valence-corrected chi connectivity index (χ4v) is 6.95. The predicted molar refractivity (Wildman–Crippen MR) is 178 cm³/mol. The van der Waals surface area contributed by atoms with Crippen LogP contribution in [0.4, 0.5) is 0 Å². The van der Waals surface area contributed by atoms with Crippen LogP contribution in [0.1, 0.15) is 50.8 Å². The minimum Gasteiger partial charge on any atom is -0.374 e. The second kappa shape index (κ2) is 15.2. The van der Waals surface area contributed by atoms with Crippen molar-refractivity contribution in [2.24, 2.45) is 0 Å². The van der Waals surface area contributed by atoms with Gasteiger partial charge in [-0.05, 0) is 44.4 Å². The Morgan fingerprint density at radius 2 is 1.10 bits per heavy atom. The number of hydrogen-bond acceptors (Lipinski definition) is 10. The lowest BCUT2D eigenvalue weighted by atomic mass is 9.99. The van der Waals surface area contributed by atoms with E-state index in [9.17, 15) is 0 Å². The van der Waals surface area contributed by atoms with Crippen molar-refractivity contribution in [1.29, 1.82) is 0 Å². The molecule has 3 aromatic rings. The second-order valence-corrected chi connectivity index (χ2v) is 14.0. The highest BCUT2D eigenvalue weighted by Crippen LogP contribution is 2.44. The van der Waals surface area contributed by atoms with E-state index in [0.29, 0.717) is 32.8 Å². The maximum absolute atomic E-state index is 6.64. The van der Waals surface area contributed by atoms with Crippen molar-refractivity contribution in [2.45, 2.75) is 121 Å². The smallest absolute Gasteiger partial charge is 0.190 e. The summed E-state index contributed by atoms with van der Waals surface area (Å²) in [5, 5.41) is 0. The Hall–Kier alpha value is -2.74. The van der Waals surface area contributed by atoms with E-state index in [1.807, 2.05) is 94.4 Å². The fourth-order valence-electron chi connectivity index (χ4n) is 6.95. The molecule has 0 amide bonds. The van der Waals surface area contributed by atoms with Gasteiger partial charge in [-0.15, -0.1) is 0 Å². The molecule has 3 aromatic carbocycles. The van der Waals surface area contributed by atoms with Gasteiger partial charge in [-0.2, -0.15) is 0 Å². The highest BCUT2D eigenvalue weighted by molar-refractivity contribution is 5.15. The first-order valence-electron chi connectivity index (χ1n) is 17.3. The number of rotatable bonds is 13. The number of benzene rings is 3. The van der Waals surface area contributed by atoms with E-state index in [1.54, 1.807) is 0 Å². The zero-order valence-electron chi connectivity index (χ0n) is 28.7. The molecule has 0 N–H and O–H groups in total. The standard InChI is InChI=1S/C39H48O10/c1-38(2)46-34-31(45-37-36(35(34)47-38)48-39(3,4)49-37)25-42-32-20-29(41-22-27-16-10-6-11-17-27)33(43-23-28-18-12-7-13-19-28)30(44-32)24-40-21-26-14-8-5-9-15-26/h5-19,29-37H,20-25H2,1-4H3/t29-,30-,31-,32-,33+,34+,35+,36-,37-/m1/s1. The Bertz CT molecular complexity index is 1450. The Morgan fingerprint density at radius 1 is 0.551 bits per heavy atom. The Balaban J connectivity index is 1.07. The largest absolute Gasteiger partial charge is 0.374 e. The second-order valence-electron chi connectivity index (χ2n) is 14.0. The first-order valence-corrected chi connectivity index (χ1v) is 17.3. The molecule has 4 aliphatic rings. The Kier molecular flexibility index (Phi) is 10.8. The molecular formula is C39H48O10. The van der Waals surface area contributed by atoms with Gasteiger partial charge in [0.25, 0.3) is 0 Å². The molecule has 0 aliphatic carbocycles. The molecule has 0 saturated carbocycles. The Labute approximate surface area is 288 Å². The lowest BCUT2D eigenvalue weighted by Gasteiger charge is -2.42. The third-order valence-electron chi connectivity index (χ3n) is 9.17. The quantitative estimate of drug-likeness (QED) is 0.218. The van der Waals surface area contributed by atoms with Gasteiger partial charge in [-0.1, -0.05) is 91.0 Å². The van der Waals surface area contributed by atoms with Gasteiger partial charge >= 0.3 is 0 Å². The molecule has 0 radical (unpaired) electrons. The molecule has 0 aromatic heterocycles. The van der Waals surface area contributed by atoms with Gasteiger partial charge in [-0.25, -0.2) is 0 Å². The van der Waals surface area contributed by atoms with Crippen molar-refractivity contribution >= 4 is 0 Å². The van der Waals surface area contributed by atoms with E-state index in [0.717, 1.165) is 16.7 Å². The first-order chi connectivity index (χ1) is 23.7. The molecule has 4 aliphatic heterocycles. The van der Waals surface area contributed by atoms with Crippen LogP contribution in [0.3, 0.4) is 0 Å². The summed E-state index contributed by atoms with van der Waals surface area (Å²) >= 11 is 0. The summed E-state index contributed by atoms with van der Waals surface area (Å²) in [6, 6.07) is 30.3. The van der Waals surface area contributed by atoms with Crippen LogP contribution >= 0.6 is 0 Å². The predicted octanol–water partition coefficient (Wildman–Crippen LogP) is 5.90. The minimum absolute atomic E-state index is 0.191. The number of hydrogen-bond donors (Lipinski definition) is 0. The summed E-state index contributed by atoms with van der Waals surface area (Å²) in [7, 11) is 0. The minimum atomic E-state index is -0.802. The lowest BCUT2D eigenvalue weighted by molar-refractivity contribution is -0.296. The van der Waals surface area contributed by atoms with E-state index in [2.05, 4.69) is 24.3 Å². The zero-order chi connectivity index (χ0) is 33.8. The molecule has 7 rings (SSSR count). The zero-order valence-corrected chi connectivity index (χ0v) is 28.7. The van der Waals surface area contributed by atoms with Crippen LogP contribution in [0, 0.1) is 0 Å². The Morgan fingerprint density at radius 3 is 1.76 bits per heavy atom. The maximum atomic E-state index is 6.64. The van der Waals surface area contributed by atoms with Gasteiger partial charge < -0.3 is 47.4 Å². The van der Waals surface area contributed by atoms with Gasteiger partial charge in [-0.3, -0.25) is 0 Å². The van der Waals surface area contributed by atoms with Crippen LogP contribution in [0.2, 0.25) is 0 Å². The van der Waals surface area contributed by atoms with E-state index >= 15 is 0 Å². The van der Waals surface area contributed by atoms with Crippen LogP contribution in [0.5, 0.6) is 0 Å². The van der Waals surface area contributed by atoms with E-state index < -0.39 is 54.7 Å². The summed E-state index contributed by atoms with van der Waals surface area (Å²) < 4.78 is 63.9. The number of fused-ring (bicyclic) bond motifs is 3. The molecule has 10 nitrogen and oxygen atoms in total. The maximum Gasteiger partial charge on any atom is 0.190 e. The fraction of sp³-hybridized carbons (Fsp3) is 0.538. The molecule has 0 bridgehead atoms. The van der Waals surface area contributed by atoms with Crippen molar-refractivity contribution in [3.63, 3.8) is 0 Å². The van der Waals surface area contributed by atoms with Crippen LogP contribution in [0.25, 0.3) is 0 Å². The molecule has 10 heteroatoms. The average Bonchev–Trinajstić information content (AvgIpc) is 3.60. The van der Waals surface area contributed by atoms with Crippen molar-refractivity contribution in [1.82, 2.24) is 0 Å². The van der Waals surface area contributed by atoms with Crippen molar-refractivity contribution < 1.29 is 47.4 Å². The third kappa shape index (κ3) is 8.77. The van der Waals surface area contributed by atoms with Gasteiger partial charge in [0.1, 0.15) is 36.6 Å². The molecule has 0 unspecified atom stereocenters. The van der Waals surface area contributed by atoms with Crippen molar-refractivity contribution in [3.8, 4) is 0 Å². The van der Waals surface area contributed by atoms with Crippen LogP contribution in [-0.2, 0) is 67.2 Å². The molecule has 9 atom stereocenters. The van der Waals surface area contributed by atoms with Crippen LogP contribution in [0.15, 0.2) is 91.0 Å². The normalized spacial score (nSPS) is 33.2. The van der Waals surface area contributed by atoms with Gasteiger partial charge in [0.2, 0.25) is 0 Å². The highest BCUT2D eigenvalue weighted by Gasteiger charge is 2.60. The molecule has 0 spiro atoms. The highest BCUT2D eigenvalue weighted by atomic mass is 16.9. The summed E-state index contributed by atoms with van der Waals surface area (Å²) in [5.41, 5.74) is 3.22. The SMILES string of the molecule is CC1(C)O[C@H]2[C@@H](O1)[C@@H](CO[C@H]1C[C@@H](OCc3ccccc3)[C@H](OCc3ccccc3)[C@@H](COCc3ccccc3)O1)O[C@@H]1OC(C)(C)O[C@@H]12. The van der Waals surface area contributed by atoms with Gasteiger partial charge in [0, 0.05) is 6.42 Å². The van der Waals surface area contributed by atoms with Crippen LogP contribution < -0.4 is 0 Å². The van der Waals surface area contributed by atoms with E-state index in [-0.39, 0.29) is 18.8 Å². The molecule has 4 fully saturated rings. The van der Waals surface area contributed by atoms with E-state index in [1.165, 1.54) is 0 Å². The topological polar surface area (TPSA) is 92.3 Å². The third-order valence-corrected chi connectivity index (χ3v) is 9.17. The van der Waals surface area contributed by atoms with Crippen molar-refractivity contribution in [3.05, 3.63) is 108 Å². The molecule has 264 valence electrons. The first kappa shape index (κ1) is 34.7. The van der Waals surface area contributed by atoms with Crippen LogP contribution in [-0.4, -0.2) is 80.1 Å². The average molecular weight is 677 g/mol. The molecule has 4 heterocycles. The van der Waals surface area contributed by atoms with Gasteiger partial charge in [0.05, 0.1) is 39.1 Å². The van der Waals surface area contributed by atoms with E-state index in [4.69, 9.17) is 47.4 Å². The lowest BCUT2D eigenvalue weighted by Crippen LogP contribution is -2.57. The molecular weight excluding hydrogens is 628 g/mol. The van der Waals surface area contributed by atoms with Gasteiger partial charge in [0.15, 0.2) is 24.2 Å². The summed E-state index contributed by atoms with van der Waals surface area (Å²) in [4.78, 5) is 0. The molecule has 4 saturated heterocycles. The summed E-state index contributed by atoms with van der Waals surface area (Å²) in [5.74, 6) is -1.60. The number of ether oxygens (including phenoxy) is 10.